The zero-order chi connectivity index (χ0) is 25.3. The van der Waals surface area contributed by atoms with Crippen LogP contribution in [0.25, 0.3) is 0 Å². The number of hydrogen-bond donors (Lipinski definition) is 1. The quantitative estimate of drug-likeness (QED) is 0.0982. The van der Waals surface area contributed by atoms with Crippen LogP contribution in [0.1, 0.15) is 175 Å². The largest absolute Gasteiger partial charge is 0.478 e. The molecule has 0 aromatic carbocycles. The summed E-state index contributed by atoms with van der Waals surface area (Å²) in [5.74, 6) is -0.960. The lowest BCUT2D eigenvalue weighted by molar-refractivity contribution is -0.132. The van der Waals surface area contributed by atoms with Gasteiger partial charge in [-0.25, -0.2) is 9.18 Å². The molecule has 0 heterocycles. The zero-order valence-corrected chi connectivity index (χ0v) is 23.3. The number of carboxylic acids is 1. The fraction of sp³-hybridized carbons (Fsp3) is 0.903. The summed E-state index contributed by atoms with van der Waals surface area (Å²) < 4.78 is 14.9. The van der Waals surface area contributed by atoms with Gasteiger partial charge in [0, 0.05) is 5.57 Å². The number of unbranched alkanes of at least 4 members (excludes halogenated alkanes) is 20. The van der Waals surface area contributed by atoms with Crippen molar-refractivity contribution in [3.05, 3.63) is 11.1 Å². The Kier molecular flexibility index (Phi) is 24.6. The van der Waals surface area contributed by atoms with Crippen LogP contribution in [-0.4, -0.2) is 17.2 Å². The molecule has 1 atom stereocenters. The van der Waals surface area contributed by atoms with Gasteiger partial charge in [0.25, 0.3) is 0 Å². The average molecular weight is 483 g/mol. The maximum atomic E-state index is 14.9. The van der Waals surface area contributed by atoms with Gasteiger partial charge in [0.1, 0.15) is 6.17 Å². The van der Waals surface area contributed by atoms with Gasteiger partial charge >= 0.3 is 5.97 Å². The lowest BCUT2D eigenvalue weighted by Crippen LogP contribution is -2.12. The molecule has 0 amide bonds. The van der Waals surface area contributed by atoms with Gasteiger partial charge in [-0.05, 0) is 31.8 Å². The lowest BCUT2D eigenvalue weighted by atomic mass is 9.94. The zero-order valence-electron chi connectivity index (χ0n) is 23.3. The molecule has 0 saturated carbocycles. The molecule has 2 nitrogen and oxygen atoms in total. The van der Waals surface area contributed by atoms with Crippen LogP contribution in [0.2, 0.25) is 0 Å². The van der Waals surface area contributed by atoms with Gasteiger partial charge in [0.2, 0.25) is 0 Å². The summed E-state index contributed by atoms with van der Waals surface area (Å²) in [6.45, 7) is 6.07. The van der Waals surface area contributed by atoms with Gasteiger partial charge in [0.05, 0.1) is 0 Å². The monoisotopic (exact) mass is 482 g/mol. The highest BCUT2D eigenvalue weighted by atomic mass is 19.1. The van der Waals surface area contributed by atoms with E-state index < -0.39 is 12.1 Å². The van der Waals surface area contributed by atoms with Crippen LogP contribution in [0, 0.1) is 0 Å². The third-order valence-electron chi connectivity index (χ3n) is 7.29. The van der Waals surface area contributed by atoms with Crippen LogP contribution < -0.4 is 0 Å². The smallest absolute Gasteiger partial charge is 0.331 e. The number of hydrogen-bond acceptors (Lipinski definition) is 1. The molecule has 0 aromatic rings. The summed E-state index contributed by atoms with van der Waals surface area (Å²) in [5.41, 5.74) is 0.786. The van der Waals surface area contributed by atoms with Crippen LogP contribution in [0.15, 0.2) is 11.1 Å². The Labute approximate surface area is 212 Å². The van der Waals surface area contributed by atoms with E-state index in [2.05, 4.69) is 13.8 Å². The average Bonchev–Trinajstić information content (AvgIpc) is 2.82. The SMILES string of the molecule is CCCCCCCCCCCCCCCCC/C(=C(\C)C(=O)O)C(F)CCCCCCCCC. The molecule has 34 heavy (non-hydrogen) atoms. The number of rotatable bonds is 26. The molecule has 0 bridgehead atoms. The Morgan fingerprint density at radius 3 is 1.26 bits per heavy atom. The molecule has 0 aliphatic carbocycles. The third-order valence-corrected chi connectivity index (χ3v) is 7.29. The molecular weight excluding hydrogens is 423 g/mol. The molecule has 0 saturated heterocycles. The molecule has 0 spiro atoms. The summed E-state index contributed by atoms with van der Waals surface area (Å²) in [7, 11) is 0. The van der Waals surface area contributed by atoms with Gasteiger partial charge < -0.3 is 5.11 Å². The highest BCUT2D eigenvalue weighted by molar-refractivity contribution is 5.87. The van der Waals surface area contributed by atoms with Crippen molar-refractivity contribution in [2.45, 2.75) is 181 Å². The first kappa shape index (κ1) is 33.1. The summed E-state index contributed by atoms with van der Waals surface area (Å²) in [6.07, 6.45) is 27.7. The second-order valence-electron chi connectivity index (χ2n) is 10.5. The van der Waals surface area contributed by atoms with E-state index in [1.165, 1.54) is 116 Å². The van der Waals surface area contributed by atoms with E-state index in [4.69, 9.17) is 0 Å². The van der Waals surface area contributed by atoms with E-state index in [1.54, 1.807) is 6.92 Å². The Hall–Kier alpha value is -0.860. The summed E-state index contributed by atoms with van der Waals surface area (Å²) in [4.78, 5) is 11.5. The van der Waals surface area contributed by atoms with Crippen LogP contribution in [0.4, 0.5) is 4.39 Å². The first-order valence-electron chi connectivity index (χ1n) is 15.1. The Bertz CT molecular complexity index is 486. The molecule has 0 fully saturated rings. The molecule has 0 aliphatic heterocycles. The van der Waals surface area contributed by atoms with Crippen molar-refractivity contribution in [3.63, 3.8) is 0 Å². The number of allylic oxidation sites excluding steroid dienone is 1. The summed E-state index contributed by atoms with van der Waals surface area (Å²) in [6, 6.07) is 0. The number of halogens is 1. The Morgan fingerprint density at radius 2 is 0.912 bits per heavy atom. The number of carbonyl (C=O) groups is 1. The van der Waals surface area contributed by atoms with Gasteiger partial charge in [-0.1, -0.05) is 149 Å². The minimum absolute atomic E-state index is 0.237. The lowest BCUT2D eigenvalue weighted by Gasteiger charge is -2.15. The molecule has 1 N–H and O–H groups in total. The van der Waals surface area contributed by atoms with Crippen molar-refractivity contribution in [1.82, 2.24) is 0 Å². The predicted octanol–water partition coefficient (Wildman–Crippen LogP) is 11.1. The van der Waals surface area contributed by atoms with Crippen molar-refractivity contribution in [2.75, 3.05) is 0 Å². The molecule has 0 rings (SSSR count). The highest BCUT2D eigenvalue weighted by Crippen LogP contribution is 2.25. The van der Waals surface area contributed by atoms with Crippen LogP contribution >= 0.6 is 0 Å². The minimum atomic E-state index is -1.08. The van der Waals surface area contributed by atoms with Crippen molar-refractivity contribution >= 4 is 5.97 Å². The summed E-state index contributed by atoms with van der Waals surface area (Å²) >= 11 is 0. The summed E-state index contributed by atoms with van der Waals surface area (Å²) in [5, 5.41) is 9.39. The normalized spacial score (nSPS) is 13.2. The second kappa shape index (κ2) is 25.2. The van der Waals surface area contributed by atoms with E-state index >= 15 is 0 Å². The molecule has 3 heteroatoms. The molecule has 0 radical (unpaired) electrons. The van der Waals surface area contributed by atoms with Crippen molar-refractivity contribution in [1.29, 1.82) is 0 Å². The standard InChI is InChI=1S/C31H59FO2/c1-4-6-8-10-12-13-14-15-16-17-18-19-21-22-24-26-29(28(3)31(33)34)30(32)27-25-23-20-11-9-7-5-2/h30H,4-27H2,1-3H3,(H,33,34)/b29-28-. The van der Waals surface area contributed by atoms with E-state index in [0.29, 0.717) is 18.4 Å². The molecule has 0 aromatic heterocycles. The van der Waals surface area contributed by atoms with Gasteiger partial charge in [-0.2, -0.15) is 0 Å². The Balaban J connectivity index is 3.85. The number of alkyl halides is 1. The second-order valence-corrected chi connectivity index (χ2v) is 10.5. The minimum Gasteiger partial charge on any atom is -0.478 e. The Morgan fingerprint density at radius 1 is 0.588 bits per heavy atom. The van der Waals surface area contributed by atoms with Crippen LogP contribution in [-0.2, 0) is 4.79 Å². The molecule has 1 unspecified atom stereocenters. The molecular formula is C31H59FO2. The molecule has 202 valence electrons. The van der Waals surface area contributed by atoms with Crippen molar-refractivity contribution in [2.24, 2.45) is 0 Å². The predicted molar refractivity (Wildman–Crippen MR) is 147 cm³/mol. The van der Waals surface area contributed by atoms with Crippen molar-refractivity contribution < 1.29 is 14.3 Å². The van der Waals surface area contributed by atoms with E-state index in [0.717, 1.165) is 25.7 Å². The first-order chi connectivity index (χ1) is 16.5. The van der Waals surface area contributed by atoms with E-state index in [-0.39, 0.29) is 5.57 Å². The van der Waals surface area contributed by atoms with E-state index in [9.17, 15) is 14.3 Å². The topological polar surface area (TPSA) is 37.3 Å². The highest BCUT2D eigenvalue weighted by Gasteiger charge is 2.18. The maximum absolute atomic E-state index is 14.9. The van der Waals surface area contributed by atoms with Gasteiger partial charge in [0.15, 0.2) is 0 Å². The fourth-order valence-corrected chi connectivity index (χ4v) is 4.86. The number of aliphatic carboxylic acids is 1. The van der Waals surface area contributed by atoms with Crippen molar-refractivity contribution in [3.8, 4) is 0 Å². The first-order valence-corrected chi connectivity index (χ1v) is 15.1. The third kappa shape index (κ3) is 20.5. The number of carboxylic acid groups (broad SMARTS) is 1. The van der Waals surface area contributed by atoms with E-state index in [1.807, 2.05) is 0 Å². The molecule has 0 aliphatic rings. The maximum Gasteiger partial charge on any atom is 0.331 e. The fourth-order valence-electron chi connectivity index (χ4n) is 4.86. The van der Waals surface area contributed by atoms with Gasteiger partial charge in [-0.15, -0.1) is 0 Å². The van der Waals surface area contributed by atoms with Gasteiger partial charge in [-0.3, -0.25) is 0 Å². The van der Waals surface area contributed by atoms with Crippen LogP contribution in [0.3, 0.4) is 0 Å². The van der Waals surface area contributed by atoms with Crippen LogP contribution in [0.5, 0.6) is 0 Å².